The lowest BCUT2D eigenvalue weighted by atomic mass is 10.1. The number of hydrogen-bond acceptors (Lipinski definition) is 4. The van der Waals surface area contributed by atoms with Gasteiger partial charge in [-0.3, -0.25) is 4.79 Å². The number of ether oxygens (including phenoxy) is 1. The fourth-order valence-electron chi connectivity index (χ4n) is 2.42. The topological polar surface area (TPSA) is 89.7 Å². The monoisotopic (exact) mass is 332 g/mol. The Balaban J connectivity index is 2.40. The summed E-state index contributed by atoms with van der Waals surface area (Å²) in [5, 5.41) is 5.24. The van der Waals surface area contributed by atoms with E-state index < -0.39 is 15.9 Å². The molecule has 21 heavy (non-hydrogen) atoms. The van der Waals surface area contributed by atoms with E-state index in [1.54, 1.807) is 12.0 Å². The molecule has 0 spiro atoms. The first-order valence-electron chi connectivity index (χ1n) is 6.48. The largest absolute Gasteiger partial charge is 0.380 e. The molecule has 0 saturated carbocycles. The van der Waals surface area contributed by atoms with Crippen LogP contribution in [0.2, 0.25) is 5.02 Å². The maximum atomic E-state index is 12.6. The third-order valence-electron chi connectivity index (χ3n) is 3.49. The minimum absolute atomic E-state index is 0.0527. The highest BCUT2D eigenvalue weighted by Crippen LogP contribution is 2.26. The molecular weight excluding hydrogens is 316 g/mol. The maximum absolute atomic E-state index is 12.6. The average Bonchev–Trinajstić information content (AvgIpc) is 2.45. The lowest BCUT2D eigenvalue weighted by molar-refractivity contribution is 0.0267. The molecule has 1 aliphatic heterocycles. The quantitative estimate of drug-likeness (QED) is 0.901. The van der Waals surface area contributed by atoms with Gasteiger partial charge in [0.25, 0.3) is 5.91 Å². The molecule has 1 saturated heterocycles. The van der Waals surface area contributed by atoms with Crippen LogP contribution in [0.5, 0.6) is 0 Å². The Morgan fingerprint density at radius 3 is 2.81 bits per heavy atom. The SMILES string of the molecule is COC1CCCN(C(=O)c2c(Cl)cccc2S(N)(=O)=O)C1. The van der Waals surface area contributed by atoms with Crippen LogP contribution in [0, 0.1) is 0 Å². The van der Waals surface area contributed by atoms with E-state index >= 15 is 0 Å². The number of nitrogens with two attached hydrogens (primary N) is 1. The molecule has 6 nitrogen and oxygen atoms in total. The van der Waals surface area contributed by atoms with Gasteiger partial charge in [0.2, 0.25) is 10.0 Å². The summed E-state index contributed by atoms with van der Waals surface area (Å²) in [6.07, 6.45) is 1.60. The first-order valence-corrected chi connectivity index (χ1v) is 8.40. The van der Waals surface area contributed by atoms with Crippen LogP contribution >= 0.6 is 11.6 Å². The Bertz CT molecular complexity index is 648. The van der Waals surface area contributed by atoms with E-state index in [2.05, 4.69) is 0 Å². The van der Waals surface area contributed by atoms with Gasteiger partial charge in [-0.05, 0) is 25.0 Å². The van der Waals surface area contributed by atoms with Crippen LogP contribution in [0.25, 0.3) is 0 Å². The second-order valence-corrected chi connectivity index (χ2v) is 6.85. The van der Waals surface area contributed by atoms with Gasteiger partial charge in [-0.1, -0.05) is 17.7 Å². The zero-order chi connectivity index (χ0) is 15.6. The number of methoxy groups -OCH3 is 1. The lowest BCUT2D eigenvalue weighted by Gasteiger charge is -2.32. The summed E-state index contributed by atoms with van der Waals surface area (Å²) in [7, 11) is -2.43. The van der Waals surface area contributed by atoms with Crippen LogP contribution < -0.4 is 5.14 Å². The molecule has 1 aromatic carbocycles. The van der Waals surface area contributed by atoms with Gasteiger partial charge in [-0.15, -0.1) is 0 Å². The zero-order valence-electron chi connectivity index (χ0n) is 11.6. The predicted octanol–water partition coefficient (Wildman–Crippen LogP) is 1.24. The van der Waals surface area contributed by atoms with E-state index in [-0.39, 0.29) is 21.6 Å². The Morgan fingerprint density at radius 2 is 2.19 bits per heavy atom. The molecule has 0 aliphatic carbocycles. The number of nitrogens with zero attached hydrogens (tertiary/aromatic N) is 1. The molecule has 2 rings (SSSR count). The third kappa shape index (κ3) is 3.55. The lowest BCUT2D eigenvalue weighted by Crippen LogP contribution is -2.43. The van der Waals surface area contributed by atoms with Gasteiger partial charge in [0, 0.05) is 20.2 Å². The summed E-state index contributed by atoms with van der Waals surface area (Å²) in [6.45, 7) is 0.943. The van der Waals surface area contributed by atoms with Gasteiger partial charge in [0.05, 0.1) is 21.6 Å². The van der Waals surface area contributed by atoms with Crippen molar-refractivity contribution in [1.29, 1.82) is 0 Å². The fourth-order valence-corrected chi connectivity index (χ4v) is 3.48. The second kappa shape index (κ2) is 6.31. The van der Waals surface area contributed by atoms with Crippen molar-refractivity contribution in [1.82, 2.24) is 4.90 Å². The summed E-state index contributed by atoms with van der Waals surface area (Å²) < 4.78 is 28.5. The molecule has 1 amide bonds. The highest BCUT2D eigenvalue weighted by Gasteiger charge is 2.29. The molecule has 8 heteroatoms. The normalized spacial score (nSPS) is 19.6. The fraction of sp³-hybridized carbons (Fsp3) is 0.462. The van der Waals surface area contributed by atoms with E-state index in [1.807, 2.05) is 0 Å². The van der Waals surface area contributed by atoms with Crippen molar-refractivity contribution in [2.24, 2.45) is 5.14 Å². The van der Waals surface area contributed by atoms with Crippen molar-refractivity contribution >= 4 is 27.5 Å². The van der Waals surface area contributed by atoms with Crippen LogP contribution in [0.3, 0.4) is 0 Å². The average molecular weight is 333 g/mol. The summed E-state index contributed by atoms with van der Waals surface area (Å²) >= 11 is 6.02. The smallest absolute Gasteiger partial charge is 0.256 e. The Kier molecular flexibility index (Phi) is 4.88. The molecule has 0 bridgehead atoms. The number of sulfonamides is 1. The van der Waals surface area contributed by atoms with Gasteiger partial charge in [-0.2, -0.15) is 0 Å². The standard InChI is InChI=1S/C13H17ClN2O4S/c1-20-9-4-3-7-16(8-9)13(17)12-10(14)5-2-6-11(12)21(15,18)19/h2,5-6,9H,3-4,7-8H2,1H3,(H2,15,18,19). The zero-order valence-corrected chi connectivity index (χ0v) is 13.2. The number of primary sulfonamides is 1. The van der Waals surface area contributed by atoms with Gasteiger partial charge >= 0.3 is 0 Å². The second-order valence-electron chi connectivity index (χ2n) is 4.91. The van der Waals surface area contributed by atoms with Crippen LogP contribution in [0.1, 0.15) is 23.2 Å². The third-order valence-corrected chi connectivity index (χ3v) is 4.76. The molecule has 1 fully saturated rings. The number of benzene rings is 1. The maximum Gasteiger partial charge on any atom is 0.256 e. The van der Waals surface area contributed by atoms with Crippen molar-refractivity contribution < 1.29 is 17.9 Å². The summed E-state index contributed by atoms with van der Waals surface area (Å²) in [4.78, 5) is 13.9. The van der Waals surface area contributed by atoms with Crippen LogP contribution in [-0.4, -0.2) is 45.5 Å². The number of carbonyl (C=O) groups is 1. The van der Waals surface area contributed by atoms with Crippen LogP contribution in [0.15, 0.2) is 23.1 Å². The van der Waals surface area contributed by atoms with Gasteiger partial charge < -0.3 is 9.64 Å². The van der Waals surface area contributed by atoms with Crippen molar-refractivity contribution in [3.63, 3.8) is 0 Å². The highest BCUT2D eigenvalue weighted by atomic mass is 35.5. The molecule has 116 valence electrons. The van der Waals surface area contributed by atoms with E-state index in [9.17, 15) is 13.2 Å². The van der Waals surface area contributed by atoms with Gasteiger partial charge in [0.1, 0.15) is 0 Å². The minimum Gasteiger partial charge on any atom is -0.380 e. The van der Waals surface area contributed by atoms with Gasteiger partial charge in [0.15, 0.2) is 0 Å². The summed E-state index contributed by atoms with van der Waals surface area (Å²) in [6, 6.07) is 4.21. The Hall–Kier alpha value is -1.15. The molecule has 0 radical (unpaired) electrons. The molecule has 1 aliphatic rings. The van der Waals surface area contributed by atoms with Crippen molar-refractivity contribution in [2.75, 3.05) is 20.2 Å². The number of amides is 1. The first-order chi connectivity index (χ1) is 9.84. The number of likely N-dealkylation sites (tertiary alicyclic amines) is 1. The van der Waals surface area contributed by atoms with Crippen molar-refractivity contribution in [2.45, 2.75) is 23.8 Å². The van der Waals surface area contributed by atoms with Crippen LogP contribution in [-0.2, 0) is 14.8 Å². The number of carbonyl (C=O) groups excluding carboxylic acids is 1. The predicted molar refractivity (Wildman–Crippen MR) is 78.8 cm³/mol. The number of hydrogen-bond donors (Lipinski definition) is 1. The summed E-state index contributed by atoms with van der Waals surface area (Å²) in [5.74, 6) is -0.439. The minimum atomic E-state index is -4.02. The molecule has 1 heterocycles. The van der Waals surface area contributed by atoms with Gasteiger partial charge in [-0.25, -0.2) is 13.6 Å². The van der Waals surface area contributed by atoms with Crippen molar-refractivity contribution in [3.05, 3.63) is 28.8 Å². The molecule has 2 N–H and O–H groups in total. The Morgan fingerprint density at radius 1 is 1.48 bits per heavy atom. The van der Waals surface area contributed by atoms with E-state index in [4.69, 9.17) is 21.5 Å². The van der Waals surface area contributed by atoms with Crippen molar-refractivity contribution in [3.8, 4) is 0 Å². The number of rotatable bonds is 3. The molecule has 1 aromatic rings. The van der Waals surface area contributed by atoms with E-state index in [1.165, 1.54) is 18.2 Å². The number of halogens is 1. The van der Waals surface area contributed by atoms with E-state index in [0.29, 0.717) is 13.1 Å². The molecule has 1 atom stereocenters. The highest BCUT2D eigenvalue weighted by molar-refractivity contribution is 7.89. The molecule has 1 unspecified atom stereocenters. The molecular formula is C13H17ClN2O4S. The van der Waals surface area contributed by atoms with E-state index in [0.717, 1.165) is 12.8 Å². The summed E-state index contributed by atoms with van der Waals surface area (Å²) in [5.41, 5.74) is -0.0709. The Labute approximate surface area is 128 Å². The number of piperidine rings is 1. The van der Waals surface area contributed by atoms with Crippen LogP contribution in [0.4, 0.5) is 0 Å². The molecule has 0 aromatic heterocycles. The first kappa shape index (κ1) is 16.2.